The van der Waals surface area contributed by atoms with Crippen molar-refractivity contribution in [2.45, 2.75) is 50.9 Å². The number of para-hydroxylation sites is 1. The van der Waals surface area contributed by atoms with Crippen molar-refractivity contribution in [1.29, 1.82) is 0 Å². The van der Waals surface area contributed by atoms with Gasteiger partial charge < -0.3 is 15.1 Å². The summed E-state index contributed by atoms with van der Waals surface area (Å²) in [5.41, 5.74) is 6.06. The summed E-state index contributed by atoms with van der Waals surface area (Å²) < 4.78 is 0. The van der Waals surface area contributed by atoms with Crippen LogP contribution in [0, 0.1) is 0 Å². The standard InChI is InChI=1S/C35H42ClN5O2/c1-38-24-27-8-2-4-10-30(27)33(38)23-34(42)37-31(22-26-12-14-29(36)15-13-26)35(43)41-20-18-40(19-21-41)32-11-5-3-9-28(32)25-39-16-6-7-17-39/h2-5,8-15,31,33H,6-7,16-25H2,1H3,(H,37,42)/t31?,33-/m1/s1. The van der Waals surface area contributed by atoms with Crippen LogP contribution in [0.5, 0.6) is 0 Å². The summed E-state index contributed by atoms with van der Waals surface area (Å²) in [7, 11) is 2.05. The maximum Gasteiger partial charge on any atom is 0.245 e. The molecule has 2 amide bonds. The van der Waals surface area contributed by atoms with E-state index in [2.05, 4.69) is 63.5 Å². The molecule has 8 heteroatoms. The molecule has 0 bridgehead atoms. The minimum absolute atomic E-state index is 0.00616. The highest BCUT2D eigenvalue weighted by atomic mass is 35.5. The molecule has 7 nitrogen and oxygen atoms in total. The number of piperazine rings is 1. The Bertz CT molecular complexity index is 1420. The van der Waals surface area contributed by atoms with Crippen LogP contribution in [-0.2, 0) is 29.1 Å². The molecule has 0 aliphatic carbocycles. The lowest BCUT2D eigenvalue weighted by molar-refractivity contribution is -0.137. The fourth-order valence-electron chi connectivity index (χ4n) is 6.89. The number of amides is 2. The second kappa shape index (κ2) is 13.5. The van der Waals surface area contributed by atoms with Crippen LogP contribution in [0.25, 0.3) is 0 Å². The van der Waals surface area contributed by atoms with E-state index in [4.69, 9.17) is 11.6 Å². The van der Waals surface area contributed by atoms with Crippen molar-refractivity contribution in [3.8, 4) is 0 Å². The lowest BCUT2D eigenvalue weighted by Crippen LogP contribution is -2.56. The maximum absolute atomic E-state index is 14.0. The smallest absolute Gasteiger partial charge is 0.245 e. The van der Waals surface area contributed by atoms with Crippen LogP contribution < -0.4 is 10.2 Å². The summed E-state index contributed by atoms with van der Waals surface area (Å²) in [6.07, 6.45) is 3.31. The van der Waals surface area contributed by atoms with E-state index in [1.807, 2.05) is 41.3 Å². The van der Waals surface area contributed by atoms with Gasteiger partial charge in [0.1, 0.15) is 6.04 Å². The Kier molecular flexibility index (Phi) is 9.31. The third kappa shape index (κ3) is 7.06. The fraction of sp³-hybridized carbons (Fsp3) is 0.429. The first-order valence-electron chi connectivity index (χ1n) is 15.6. The zero-order valence-electron chi connectivity index (χ0n) is 25.1. The Labute approximate surface area is 260 Å². The van der Waals surface area contributed by atoms with Crippen molar-refractivity contribution in [3.05, 3.63) is 100 Å². The van der Waals surface area contributed by atoms with Crippen LogP contribution in [-0.4, -0.2) is 78.9 Å². The number of benzene rings is 3. The third-order valence-electron chi connectivity index (χ3n) is 9.25. The SMILES string of the molecule is CN1Cc2ccccc2[C@H]1CC(=O)NC(Cc1ccc(Cl)cc1)C(=O)N1CCN(c2ccccc2CN2CCCC2)CC1. The number of anilines is 1. The second-order valence-electron chi connectivity index (χ2n) is 12.2. The van der Waals surface area contributed by atoms with Gasteiger partial charge in [0.2, 0.25) is 11.8 Å². The first kappa shape index (κ1) is 29.7. The predicted molar refractivity (Wildman–Crippen MR) is 172 cm³/mol. The molecule has 0 saturated carbocycles. The molecule has 2 fully saturated rings. The highest BCUT2D eigenvalue weighted by Crippen LogP contribution is 2.34. The number of hydrogen-bond acceptors (Lipinski definition) is 5. The normalized spacial score (nSPS) is 19.8. The zero-order chi connectivity index (χ0) is 29.8. The van der Waals surface area contributed by atoms with E-state index in [0.29, 0.717) is 31.0 Å². The summed E-state index contributed by atoms with van der Waals surface area (Å²) in [5, 5.41) is 3.79. The van der Waals surface area contributed by atoms with E-state index in [1.165, 1.54) is 48.3 Å². The predicted octanol–water partition coefficient (Wildman–Crippen LogP) is 4.89. The number of halogens is 1. The molecule has 6 rings (SSSR count). The Balaban J connectivity index is 1.12. The number of likely N-dealkylation sites (tertiary alicyclic amines) is 1. The molecule has 2 atom stereocenters. The quantitative estimate of drug-likeness (QED) is 0.380. The molecule has 0 aromatic heterocycles. The van der Waals surface area contributed by atoms with E-state index in [9.17, 15) is 9.59 Å². The zero-order valence-corrected chi connectivity index (χ0v) is 25.8. The van der Waals surface area contributed by atoms with Crippen LogP contribution in [0.4, 0.5) is 5.69 Å². The average molecular weight is 600 g/mol. The largest absolute Gasteiger partial charge is 0.368 e. The number of hydrogen-bond donors (Lipinski definition) is 1. The molecule has 3 aliphatic rings. The van der Waals surface area contributed by atoms with Crippen LogP contribution in [0.1, 0.15) is 47.6 Å². The minimum Gasteiger partial charge on any atom is -0.368 e. The van der Waals surface area contributed by atoms with Gasteiger partial charge in [0.05, 0.1) is 0 Å². The molecule has 3 aromatic rings. The van der Waals surface area contributed by atoms with Crippen LogP contribution in [0.15, 0.2) is 72.8 Å². The number of carbonyl (C=O) groups excluding carboxylic acids is 2. The second-order valence-corrected chi connectivity index (χ2v) is 12.6. The van der Waals surface area contributed by atoms with Crippen molar-refractivity contribution in [2.24, 2.45) is 0 Å². The van der Waals surface area contributed by atoms with Gasteiger partial charge in [-0.05, 0) is 73.4 Å². The van der Waals surface area contributed by atoms with Crippen molar-refractivity contribution in [3.63, 3.8) is 0 Å². The van der Waals surface area contributed by atoms with Crippen molar-refractivity contribution in [1.82, 2.24) is 20.0 Å². The Hall–Kier alpha value is -3.39. The monoisotopic (exact) mass is 599 g/mol. The third-order valence-corrected chi connectivity index (χ3v) is 9.50. The van der Waals surface area contributed by atoms with Gasteiger partial charge >= 0.3 is 0 Å². The van der Waals surface area contributed by atoms with E-state index >= 15 is 0 Å². The lowest BCUT2D eigenvalue weighted by atomic mass is 10.0. The van der Waals surface area contributed by atoms with Crippen molar-refractivity contribution < 1.29 is 9.59 Å². The molecule has 226 valence electrons. The maximum atomic E-state index is 14.0. The van der Waals surface area contributed by atoms with E-state index in [1.54, 1.807) is 0 Å². The molecule has 2 saturated heterocycles. The topological polar surface area (TPSA) is 59.1 Å². The Morgan fingerprint density at radius 1 is 0.884 bits per heavy atom. The molecule has 0 radical (unpaired) electrons. The van der Waals surface area contributed by atoms with Gasteiger partial charge in [0, 0.05) is 68.9 Å². The molecular weight excluding hydrogens is 558 g/mol. The highest BCUT2D eigenvalue weighted by Gasteiger charge is 2.33. The summed E-state index contributed by atoms with van der Waals surface area (Å²) in [6, 6.07) is 23.9. The lowest BCUT2D eigenvalue weighted by Gasteiger charge is -2.38. The minimum atomic E-state index is -0.635. The molecule has 0 spiro atoms. The summed E-state index contributed by atoms with van der Waals surface area (Å²) in [4.78, 5) is 36.5. The van der Waals surface area contributed by atoms with Gasteiger partial charge in [0.25, 0.3) is 0 Å². The Morgan fingerprint density at radius 3 is 2.35 bits per heavy atom. The van der Waals surface area contributed by atoms with Crippen molar-refractivity contribution in [2.75, 3.05) is 51.2 Å². The summed E-state index contributed by atoms with van der Waals surface area (Å²) >= 11 is 6.13. The number of carbonyl (C=O) groups is 2. The van der Waals surface area contributed by atoms with Gasteiger partial charge in [-0.1, -0.05) is 66.2 Å². The molecule has 3 heterocycles. The Morgan fingerprint density at radius 2 is 1.58 bits per heavy atom. The molecule has 1 N–H and O–H groups in total. The first-order chi connectivity index (χ1) is 20.9. The average Bonchev–Trinajstić information content (AvgIpc) is 3.65. The van der Waals surface area contributed by atoms with Gasteiger partial charge in [0.15, 0.2) is 0 Å². The molecule has 43 heavy (non-hydrogen) atoms. The summed E-state index contributed by atoms with van der Waals surface area (Å²) in [5.74, 6) is -0.121. The number of nitrogens with one attached hydrogen (secondary N) is 1. The molecular formula is C35H42ClN5O2. The number of rotatable bonds is 9. The number of nitrogens with zero attached hydrogens (tertiary/aromatic N) is 4. The van der Waals surface area contributed by atoms with E-state index in [0.717, 1.165) is 31.7 Å². The summed E-state index contributed by atoms with van der Waals surface area (Å²) in [6.45, 7) is 6.94. The van der Waals surface area contributed by atoms with Crippen LogP contribution in [0.3, 0.4) is 0 Å². The molecule has 3 aliphatic heterocycles. The number of fused-ring (bicyclic) bond motifs is 1. The van der Waals surface area contributed by atoms with Gasteiger partial charge in [-0.2, -0.15) is 0 Å². The van der Waals surface area contributed by atoms with Gasteiger partial charge in [-0.15, -0.1) is 0 Å². The van der Waals surface area contributed by atoms with E-state index < -0.39 is 6.04 Å². The first-order valence-corrected chi connectivity index (χ1v) is 16.0. The molecule has 3 aromatic carbocycles. The molecule has 1 unspecified atom stereocenters. The fourth-order valence-corrected chi connectivity index (χ4v) is 7.02. The van der Waals surface area contributed by atoms with Crippen LogP contribution in [0.2, 0.25) is 5.02 Å². The highest BCUT2D eigenvalue weighted by molar-refractivity contribution is 6.30. The van der Waals surface area contributed by atoms with Crippen molar-refractivity contribution >= 4 is 29.1 Å². The van der Waals surface area contributed by atoms with Gasteiger partial charge in [-0.25, -0.2) is 0 Å². The van der Waals surface area contributed by atoms with Crippen LogP contribution >= 0.6 is 11.6 Å². The van der Waals surface area contributed by atoms with E-state index in [-0.39, 0.29) is 17.9 Å². The van der Waals surface area contributed by atoms with Gasteiger partial charge in [-0.3, -0.25) is 19.4 Å².